The summed E-state index contributed by atoms with van der Waals surface area (Å²) in [5.41, 5.74) is 2.04. The third-order valence-electron chi connectivity index (χ3n) is 2.26. The minimum Gasteiger partial charge on any atom is -0.282 e. The lowest BCUT2D eigenvalue weighted by atomic mass is 10.1. The van der Waals surface area contributed by atoms with Gasteiger partial charge in [-0.15, -0.1) is 0 Å². The maximum absolute atomic E-state index is 12.6. The summed E-state index contributed by atoms with van der Waals surface area (Å²) in [5.74, 6) is 0. The summed E-state index contributed by atoms with van der Waals surface area (Å²) in [6, 6.07) is 3.34. The maximum Gasteiger partial charge on any atom is 0.266 e. The molecule has 0 radical (unpaired) electrons. The van der Waals surface area contributed by atoms with E-state index in [1.165, 1.54) is 6.07 Å². The van der Waals surface area contributed by atoms with Crippen LogP contribution in [0.3, 0.4) is 0 Å². The third-order valence-corrected chi connectivity index (χ3v) is 2.26. The van der Waals surface area contributed by atoms with Crippen molar-refractivity contribution in [3.05, 3.63) is 29.0 Å². The number of aromatic amines is 1. The number of aryl methyl sites for hydroxylation is 2. The number of aromatic nitrogens is 2. The van der Waals surface area contributed by atoms with E-state index in [-0.39, 0.29) is 5.56 Å². The smallest absolute Gasteiger partial charge is 0.266 e. The number of H-pyrrole nitrogens is 1. The van der Waals surface area contributed by atoms with Gasteiger partial charge < -0.3 is 0 Å². The fourth-order valence-electron chi connectivity index (χ4n) is 1.58. The first-order valence-electron chi connectivity index (χ1n) is 4.33. The Kier molecular flexibility index (Phi) is 1.98. The van der Waals surface area contributed by atoms with Crippen LogP contribution in [0.4, 0.5) is 8.78 Å². The Balaban J connectivity index is 2.82. The van der Waals surface area contributed by atoms with Crippen LogP contribution in [0.25, 0.3) is 10.9 Å². The zero-order chi connectivity index (χ0) is 10.3. The van der Waals surface area contributed by atoms with Gasteiger partial charge in [0.2, 0.25) is 0 Å². The molecule has 0 aliphatic carbocycles. The largest absolute Gasteiger partial charge is 0.282 e. The van der Waals surface area contributed by atoms with Crippen LogP contribution >= 0.6 is 0 Å². The van der Waals surface area contributed by atoms with E-state index in [1.54, 1.807) is 6.92 Å². The van der Waals surface area contributed by atoms with Crippen molar-refractivity contribution in [3.8, 4) is 0 Å². The molecule has 0 saturated carbocycles. The van der Waals surface area contributed by atoms with Gasteiger partial charge in [0.05, 0.1) is 0 Å². The van der Waals surface area contributed by atoms with E-state index >= 15 is 0 Å². The molecular formula is C10H10F2N2. The van der Waals surface area contributed by atoms with E-state index < -0.39 is 6.43 Å². The first kappa shape index (κ1) is 9.12. The minimum absolute atomic E-state index is 0.00403. The molecule has 1 aromatic heterocycles. The van der Waals surface area contributed by atoms with E-state index in [4.69, 9.17) is 0 Å². The summed E-state index contributed by atoms with van der Waals surface area (Å²) >= 11 is 0. The molecule has 2 rings (SSSR count). The summed E-state index contributed by atoms with van der Waals surface area (Å²) in [5, 5.41) is 7.37. The van der Waals surface area contributed by atoms with Crippen LogP contribution in [0.5, 0.6) is 0 Å². The van der Waals surface area contributed by atoms with Crippen LogP contribution in [0.2, 0.25) is 0 Å². The van der Waals surface area contributed by atoms with Crippen LogP contribution in [0, 0.1) is 13.8 Å². The van der Waals surface area contributed by atoms with Gasteiger partial charge in [-0.1, -0.05) is 0 Å². The standard InChI is InChI=1S/C10H10F2N2/c1-5-3-7-6(2)13-14-9(7)8(4-5)10(11)12/h3-4,10H,1-2H3,(H,13,14). The number of nitrogens with zero attached hydrogens (tertiary/aromatic N) is 1. The Morgan fingerprint density at radius 1 is 1.29 bits per heavy atom. The molecule has 0 amide bonds. The van der Waals surface area contributed by atoms with Crippen molar-refractivity contribution in [2.24, 2.45) is 0 Å². The molecule has 4 heteroatoms. The predicted octanol–water partition coefficient (Wildman–Crippen LogP) is 3.12. The van der Waals surface area contributed by atoms with Crippen LogP contribution in [0.15, 0.2) is 12.1 Å². The Bertz CT molecular complexity index is 474. The van der Waals surface area contributed by atoms with E-state index in [1.807, 2.05) is 13.0 Å². The molecule has 2 aromatic rings. The Morgan fingerprint density at radius 2 is 2.00 bits per heavy atom. The molecule has 1 heterocycles. The Labute approximate surface area is 79.9 Å². The highest BCUT2D eigenvalue weighted by molar-refractivity contribution is 5.85. The molecule has 1 aromatic carbocycles. The average Bonchev–Trinajstić information content (AvgIpc) is 2.47. The topological polar surface area (TPSA) is 28.7 Å². The van der Waals surface area contributed by atoms with Gasteiger partial charge >= 0.3 is 0 Å². The summed E-state index contributed by atoms with van der Waals surface area (Å²) in [6.45, 7) is 3.63. The highest BCUT2D eigenvalue weighted by Gasteiger charge is 2.15. The molecule has 0 saturated heterocycles. The monoisotopic (exact) mass is 196 g/mol. The Morgan fingerprint density at radius 3 is 2.64 bits per heavy atom. The lowest BCUT2D eigenvalue weighted by Crippen LogP contribution is -1.88. The molecule has 0 bridgehead atoms. The summed E-state index contributed by atoms with van der Waals surface area (Å²) in [4.78, 5) is 0. The number of fused-ring (bicyclic) bond motifs is 1. The fourth-order valence-corrected chi connectivity index (χ4v) is 1.58. The zero-order valence-electron chi connectivity index (χ0n) is 7.94. The fraction of sp³-hybridized carbons (Fsp3) is 0.300. The molecule has 2 nitrogen and oxygen atoms in total. The first-order chi connectivity index (χ1) is 6.59. The zero-order valence-corrected chi connectivity index (χ0v) is 7.94. The van der Waals surface area contributed by atoms with Crippen LogP contribution in [-0.4, -0.2) is 10.2 Å². The molecule has 74 valence electrons. The van der Waals surface area contributed by atoms with Gasteiger partial charge in [-0.3, -0.25) is 5.10 Å². The normalized spacial score (nSPS) is 11.5. The number of alkyl halides is 2. The van der Waals surface area contributed by atoms with Crippen LogP contribution < -0.4 is 0 Å². The van der Waals surface area contributed by atoms with Crippen molar-refractivity contribution in [1.82, 2.24) is 10.2 Å². The second-order valence-electron chi connectivity index (χ2n) is 3.40. The minimum atomic E-state index is -2.47. The second-order valence-corrected chi connectivity index (χ2v) is 3.40. The van der Waals surface area contributed by atoms with Gasteiger partial charge in [0, 0.05) is 16.6 Å². The van der Waals surface area contributed by atoms with Crippen molar-refractivity contribution >= 4 is 10.9 Å². The summed E-state index contributed by atoms with van der Waals surface area (Å²) < 4.78 is 25.3. The number of benzene rings is 1. The average molecular weight is 196 g/mol. The predicted molar refractivity (Wildman–Crippen MR) is 50.5 cm³/mol. The van der Waals surface area contributed by atoms with Crippen molar-refractivity contribution in [1.29, 1.82) is 0 Å². The molecule has 0 aliphatic rings. The van der Waals surface area contributed by atoms with Crippen LogP contribution in [0.1, 0.15) is 23.2 Å². The van der Waals surface area contributed by atoms with Crippen molar-refractivity contribution in [2.75, 3.05) is 0 Å². The molecule has 0 aliphatic heterocycles. The highest BCUT2D eigenvalue weighted by Crippen LogP contribution is 2.28. The molecule has 0 atom stereocenters. The number of hydrogen-bond acceptors (Lipinski definition) is 1. The van der Waals surface area contributed by atoms with E-state index in [0.29, 0.717) is 5.52 Å². The van der Waals surface area contributed by atoms with E-state index in [9.17, 15) is 8.78 Å². The van der Waals surface area contributed by atoms with E-state index in [2.05, 4.69) is 10.2 Å². The lowest BCUT2D eigenvalue weighted by Gasteiger charge is -2.02. The van der Waals surface area contributed by atoms with Gasteiger partial charge in [-0.2, -0.15) is 5.10 Å². The lowest BCUT2D eigenvalue weighted by molar-refractivity contribution is 0.153. The molecule has 0 spiro atoms. The van der Waals surface area contributed by atoms with Gasteiger partial charge in [0.25, 0.3) is 6.43 Å². The van der Waals surface area contributed by atoms with Gasteiger partial charge in [0.1, 0.15) is 5.52 Å². The summed E-state index contributed by atoms with van der Waals surface area (Å²) in [6.07, 6.45) is -2.47. The molecule has 0 fully saturated rings. The van der Waals surface area contributed by atoms with Crippen molar-refractivity contribution in [2.45, 2.75) is 20.3 Å². The van der Waals surface area contributed by atoms with Gasteiger partial charge in [0.15, 0.2) is 0 Å². The molecule has 0 unspecified atom stereocenters. The molecule has 14 heavy (non-hydrogen) atoms. The quantitative estimate of drug-likeness (QED) is 0.745. The van der Waals surface area contributed by atoms with Gasteiger partial charge in [-0.25, -0.2) is 8.78 Å². The number of rotatable bonds is 1. The first-order valence-corrected chi connectivity index (χ1v) is 4.33. The number of hydrogen-bond donors (Lipinski definition) is 1. The molecular weight excluding hydrogens is 186 g/mol. The molecule has 1 N–H and O–H groups in total. The van der Waals surface area contributed by atoms with E-state index in [0.717, 1.165) is 16.6 Å². The Hall–Kier alpha value is -1.45. The van der Waals surface area contributed by atoms with Crippen LogP contribution in [-0.2, 0) is 0 Å². The van der Waals surface area contributed by atoms with Crippen molar-refractivity contribution < 1.29 is 8.78 Å². The highest BCUT2D eigenvalue weighted by atomic mass is 19.3. The summed E-state index contributed by atoms with van der Waals surface area (Å²) in [7, 11) is 0. The number of nitrogens with one attached hydrogen (secondary N) is 1. The maximum atomic E-state index is 12.6. The van der Waals surface area contributed by atoms with Gasteiger partial charge in [-0.05, 0) is 31.5 Å². The van der Waals surface area contributed by atoms with Crippen molar-refractivity contribution in [3.63, 3.8) is 0 Å². The second kappa shape index (κ2) is 3.04. The third kappa shape index (κ3) is 1.27. The SMILES string of the molecule is Cc1cc(C(F)F)c2n[nH]c(C)c2c1. The number of halogens is 2.